The molecule has 0 aliphatic carbocycles. The minimum atomic E-state index is -4.04. The molecule has 0 spiro atoms. The van der Waals surface area contributed by atoms with Crippen LogP contribution in [0.1, 0.15) is 31.9 Å². The van der Waals surface area contributed by atoms with Crippen molar-refractivity contribution in [3.05, 3.63) is 57.6 Å². The molecule has 9 nitrogen and oxygen atoms in total. The molecule has 0 aliphatic rings. The van der Waals surface area contributed by atoms with E-state index in [0.29, 0.717) is 5.69 Å². The van der Waals surface area contributed by atoms with Crippen molar-refractivity contribution in [2.45, 2.75) is 45.1 Å². The van der Waals surface area contributed by atoms with Crippen molar-refractivity contribution in [1.29, 1.82) is 0 Å². The highest BCUT2D eigenvalue weighted by Crippen LogP contribution is 2.29. The van der Waals surface area contributed by atoms with Crippen LogP contribution in [-0.4, -0.2) is 31.3 Å². The van der Waals surface area contributed by atoms with E-state index in [1.165, 1.54) is 12.1 Å². The van der Waals surface area contributed by atoms with Gasteiger partial charge in [0.05, 0.1) is 22.1 Å². The Balaban J connectivity index is 2.27. The van der Waals surface area contributed by atoms with E-state index in [1.54, 1.807) is 19.1 Å². The van der Waals surface area contributed by atoms with Crippen molar-refractivity contribution >= 4 is 33.0 Å². The Kier molecular flexibility index (Phi) is 6.71. The first-order chi connectivity index (χ1) is 13.8. The Hall–Kier alpha value is -3.14. The van der Waals surface area contributed by atoms with Crippen molar-refractivity contribution < 1.29 is 18.1 Å². The maximum Gasteiger partial charge on any atom is 0.293 e. The van der Waals surface area contributed by atoms with Crippen LogP contribution in [0.15, 0.2) is 41.3 Å². The molecule has 0 aliphatic heterocycles. The quantitative estimate of drug-likeness (QED) is 0.452. The van der Waals surface area contributed by atoms with Gasteiger partial charge >= 0.3 is 0 Å². The molecule has 0 aromatic heterocycles. The third kappa shape index (κ3) is 6.18. The average molecular weight is 435 g/mol. The number of hydrogen-bond acceptors (Lipinski definition) is 6. The molecule has 0 bridgehead atoms. The number of aryl methyl sites for hydroxylation is 2. The minimum absolute atomic E-state index is 0.0505. The Morgan fingerprint density at radius 3 is 2.27 bits per heavy atom. The van der Waals surface area contributed by atoms with Gasteiger partial charge in [-0.2, -0.15) is 0 Å². The first kappa shape index (κ1) is 23.1. The first-order valence-corrected chi connectivity index (χ1v) is 10.7. The zero-order valence-corrected chi connectivity index (χ0v) is 18.4. The molecule has 162 valence electrons. The van der Waals surface area contributed by atoms with Gasteiger partial charge < -0.3 is 10.6 Å². The highest BCUT2D eigenvalue weighted by Gasteiger charge is 2.23. The van der Waals surface area contributed by atoms with Crippen molar-refractivity contribution in [3.63, 3.8) is 0 Å². The monoisotopic (exact) mass is 434 g/mol. The SMILES string of the molecule is Cc1ccc(NS(=O)(=O)c2ccc(NCC(=O)NC(C)(C)C)c([N+](=O)[O-])c2)c(C)c1. The van der Waals surface area contributed by atoms with E-state index in [1.807, 2.05) is 33.8 Å². The Labute approximate surface area is 176 Å². The minimum Gasteiger partial charge on any atom is -0.371 e. The summed E-state index contributed by atoms with van der Waals surface area (Å²) in [6.07, 6.45) is 0. The van der Waals surface area contributed by atoms with Gasteiger partial charge in [0.2, 0.25) is 5.91 Å². The Bertz CT molecular complexity index is 1080. The van der Waals surface area contributed by atoms with E-state index in [4.69, 9.17) is 0 Å². The lowest BCUT2D eigenvalue weighted by Crippen LogP contribution is -2.43. The first-order valence-electron chi connectivity index (χ1n) is 9.22. The highest BCUT2D eigenvalue weighted by molar-refractivity contribution is 7.92. The van der Waals surface area contributed by atoms with E-state index in [9.17, 15) is 23.3 Å². The molecule has 3 N–H and O–H groups in total. The summed E-state index contributed by atoms with van der Waals surface area (Å²) in [6, 6.07) is 8.73. The number of amides is 1. The number of nitro benzene ring substituents is 1. The van der Waals surface area contributed by atoms with E-state index < -0.39 is 26.2 Å². The number of rotatable bonds is 7. The van der Waals surface area contributed by atoms with Crippen LogP contribution in [0.2, 0.25) is 0 Å². The number of carbonyl (C=O) groups is 1. The van der Waals surface area contributed by atoms with Crippen LogP contribution in [0, 0.1) is 24.0 Å². The number of nitrogens with zero attached hydrogens (tertiary/aromatic N) is 1. The normalized spacial score (nSPS) is 11.6. The predicted octanol–water partition coefficient (Wildman–Crippen LogP) is 3.34. The number of hydrogen-bond donors (Lipinski definition) is 3. The molecule has 0 saturated heterocycles. The number of nitrogens with one attached hydrogen (secondary N) is 3. The summed E-state index contributed by atoms with van der Waals surface area (Å²) in [4.78, 5) is 22.5. The van der Waals surface area contributed by atoms with Gasteiger partial charge in [-0.3, -0.25) is 19.6 Å². The van der Waals surface area contributed by atoms with Crippen molar-refractivity contribution in [3.8, 4) is 0 Å². The van der Waals surface area contributed by atoms with E-state index in [-0.39, 0.29) is 23.0 Å². The molecule has 0 saturated carbocycles. The van der Waals surface area contributed by atoms with Crippen LogP contribution in [0.25, 0.3) is 0 Å². The van der Waals surface area contributed by atoms with Crippen LogP contribution in [0.4, 0.5) is 17.1 Å². The number of benzene rings is 2. The molecule has 1 amide bonds. The third-order valence-corrected chi connectivity index (χ3v) is 5.42. The maximum absolute atomic E-state index is 12.7. The van der Waals surface area contributed by atoms with Gasteiger partial charge in [-0.05, 0) is 58.4 Å². The summed E-state index contributed by atoms with van der Waals surface area (Å²) in [5, 5.41) is 16.9. The van der Waals surface area contributed by atoms with Gasteiger partial charge in [0.15, 0.2) is 0 Å². The van der Waals surface area contributed by atoms with Crippen LogP contribution >= 0.6 is 0 Å². The lowest BCUT2D eigenvalue weighted by atomic mass is 10.1. The summed E-state index contributed by atoms with van der Waals surface area (Å²) in [6.45, 7) is 8.91. The number of carbonyl (C=O) groups excluding carboxylic acids is 1. The zero-order chi connectivity index (χ0) is 22.7. The second kappa shape index (κ2) is 8.70. The van der Waals surface area contributed by atoms with Crippen LogP contribution < -0.4 is 15.4 Å². The number of anilines is 2. The number of sulfonamides is 1. The van der Waals surface area contributed by atoms with Crippen LogP contribution in [0.5, 0.6) is 0 Å². The van der Waals surface area contributed by atoms with E-state index in [0.717, 1.165) is 17.2 Å². The van der Waals surface area contributed by atoms with Crippen LogP contribution in [0.3, 0.4) is 0 Å². The molecule has 0 heterocycles. The molecule has 0 unspecified atom stereocenters. The van der Waals surface area contributed by atoms with Gasteiger partial charge in [-0.25, -0.2) is 8.42 Å². The smallest absolute Gasteiger partial charge is 0.293 e. The second-order valence-corrected chi connectivity index (χ2v) is 9.69. The Morgan fingerprint density at radius 1 is 1.07 bits per heavy atom. The molecular formula is C20H26N4O5S. The van der Waals surface area contributed by atoms with Gasteiger partial charge in [-0.1, -0.05) is 17.7 Å². The molecular weight excluding hydrogens is 408 g/mol. The standard InChI is InChI=1S/C20H26N4O5S/c1-13-6-8-16(14(2)10-13)23-30(28,29)15-7-9-17(18(11-15)24(26)27)21-12-19(25)22-20(3,4)5/h6-11,21,23H,12H2,1-5H3,(H,22,25). The molecule has 2 aromatic rings. The maximum atomic E-state index is 12.7. The van der Waals surface area contributed by atoms with Crippen molar-refractivity contribution in [2.75, 3.05) is 16.6 Å². The molecule has 0 atom stereocenters. The third-order valence-electron chi connectivity index (χ3n) is 4.06. The van der Waals surface area contributed by atoms with Gasteiger partial charge in [0.1, 0.15) is 5.69 Å². The fourth-order valence-corrected chi connectivity index (χ4v) is 3.90. The fraction of sp³-hybridized carbons (Fsp3) is 0.350. The van der Waals surface area contributed by atoms with Crippen LogP contribution in [-0.2, 0) is 14.8 Å². The molecule has 2 aromatic carbocycles. The lowest BCUT2D eigenvalue weighted by Gasteiger charge is -2.20. The van der Waals surface area contributed by atoms with E-state index in [2.05, 4.69) is 15.4 Å². The largest absolute Gasteiger partial charge is 0.371 e. The summed E-state index contributed by atoms with van der Waals surface area (Å²) < 4.78 is 27.9. The molecule has 0 fully saturated rings. The van der Waals surface area contributed by atoms with Crippen molar-refractivity contribution in [2.24, 2.45) is 0 Å². The summed E-state index contributed by atoms with van der Waals surface area (Å²) in [7, 11) is -4.04. The molecule has 10 heteroatoms. The predicted molar refractivity (Wildman–Crippen MR) is 116 cm³/mol. The zero-order valence-electron chi connectivity index (χ0n) is 17.6. The summed E-state index contributed by atoms with van der Waals surface area (Å²) >= 11 is 0. The van der Waals surface area contributed by atoms with Gasteiger partial charge in [0.25, 0.3) is 15.7 Å². The molecule has 0 radical (unpaired) electrons. The fourth-order valence-electron chi connectivity index (χ4n) is 2.75. The molecule has 30 heavy (non-hydrogen) atoms. The summed E-state index contributed by atoms with van der Waals surface area (Å²) in [5.41, 5.74) is 1.27. The van der Waals surface area contributed by atoms with E-state index >= 15 is 0 Å². The number of nitro groups is 1. The van der Waals surface area contributed by atoms with Crippen molar-refractivity contribution in [1.82, 2.24) is 5.32 Å². The van der Waals surface area contributed by atoms with Gasteiger partial charge in [-0.15, -0.1) is 0 Å². The Morgan fingerprint density at radius 2 is 1.70 bits per heavy atom. The van der Waals surface area contributed by atoms with Gasteiger partial charge in [0, 0.05) is 11.6 Å². The molecule has 2 rings (SSSR count). The lowest BCUT2D eigenvalue weighted by molar-refractivity contribution is -0.384. The average Bonchev–Trinajstić information content (AvgIpc) is 2.60. The second-order valence-electron chi connectivity index (χ2n) is 8.01. The highest BCUT2D eigenvalue weighted by atomic mass is 32.2. The topological polar surface area (TPSA) is 130 Å². The summed E-state index contributed by atoms with van der Waals surface area (Å²) in [5.74, 6) is -0.343.